The Morgan fingerprint density at radius 1 is 0.326 bits per heavy atom. The Balaban J connectivity index is 1.33. The average Bonchev–Trinajstić information content (AvgIpc) is 3.38. The number of anilines is 6. The Labute approximate surface area is 269 Å². The lowest BCUT2D eigenvalue weighted by molar-refractivity contribution is 0.131. The van der Waals surface area contributed by atoms with Gasteiger partial charge in [-0.15, -0.1) is 0 Å². The Morgan fingerprint density at radius 2 is 0.630 bits per heavy atom. The number of fused-ring (bicyclic) bond motifs is 3. The highest BCUT2D eigenvalue weighted by molar-refractivity contribution is 5.89. The largest absolute Gasteiger partial charge is 0.376 e. The van der Waals surface area contributed by atoms with Gasteiger partial charge in [-0.3, -0.25) is 0 Å². The van der Waals surface area contributed by atoms with Crippen LogP contribution in [0.3, 0.4) is 0 Å². The highest BCUT2D eigenvalue weighted by Crippen LogP contribution is 2.54. The first-order chi connectivity index (χ1) is 22.7. The first-order valence-electron chi connectivity index (χ1n) is 15.6. The highest BCUT2D eigenvalue weighted by Gasteiger charge is 2.44. The lowest BCUT2D eigenvalue weighted by Gasteiger charge is -2.31. The third-order valence-corrected chi connectivity index (χ3v) is 8.84. The Kier molecular flexibility index (Phi) is 6.94. The fraction of sp³-hybridized carbons (Fsp3) is 0.0233. The van der Waals surface area contributed by atoms with Crippen molar-refractivity contribution in [2.24, 2.45) is 0 Å². The van der Waals surface area contributed by atoms with Crippen LogP contribution >= 0.6 is 0 Å². The summed E-state index contributed by atoms with van der Waals surface area (Å²) in [4.78, 5) is 4.49. The molecule has 0 amide bonds. The molecule has 0 spiro atoms. The van der Waals surface area contributed by atoms with Crippen LogP contribution in [0.1, 0.15) is 16.7 Å². The van der Waals surface area contributed by atoms with Crippen LogP contribution in [0.15, 0.2) is 188 Å². The molecule has 0 radical (unpaired) electrons. The summed E-state index contributed by atoms with van der Waals surface area (Å²) in [6.45, 7) is 0. The third kappa shape index (κ3) is 4.66. The number of para-hydroxylation sites is 4. The van der Waals surface area contributed by atoms with E-state index in [0.717, 1.165) is 61.9 Å². The molecule has 46 heavy (non-hydrogen) atoms. The normalized spacial score (nSPS) is 12.6. The van der Waals surface area contributed by atoms with E-state index in [4.69, 9.17) is 0 Å². The molecule has 8 rings (SSSR count). The van der Waals surface area contributed by atoms with Gasteiger partial charge in [-0.05, 0) is 89.5 Å². The SMILES string of the molecule is OC1(c2ccccc2)c2cc(N(c3ccccc3)c3ccccc3)ccc2-c2ccc(N(c3ccccc3)c3ccccc3)cc21. The lowest BCUT2D eigenvalue weighted by Crippen LogP contribution is -2.26. The molecule has 7 aromatic carbocycles. The van der Waals surface area contributed by atoms with E-state index in [-0.39, 0.29) is 0 Å². The van der Waals surface area contributed by atoms with Gasteiger partial charge in [0.25, 0.3) is 0 Å². The van der Waals surface area contributed by atoms with Crippen molar-refractivity contribution in [3.8, 4) is 11.1 Å². The molecule has 0 aromatic heterocycles. The van der Waals surface area contributed by atoms with Crippen molar-refractivity contribution in [2.75, 3.05) is 9.80 Å². The van der Waals surface area contributed by atoms with Gasteiger partial charge in [-0.25, -0.2) is 0 Å². The van der Waals surface area contributed by atoms with E-state index in [9.17, 15) is 5.11 Å². The van der Waals surface area contributed by atoms with Crippen molar-refractivity contribution in [3.05, 3.63) is 205 Å². The minimum absolute atomic E-state index is 0.834. The smallest absolute Gasteiger partial charge is 0.141 e. The van der Waals surface area contributed by atoms with Crippen molar-refractivity contribution in [1.29, 1.82) is 0 Å². The zero-order chi connectivity index (χ0) is 30.9. The maximum absolute atomic E-state index is 13.1. The van der Waals surface area contributed by atoms with Crippen molar-refractivity contribution in [1.82, 2.24) is 0 Å². The van der Waals surface area contributed by atoms with E-state index in [2.05, 4.69) is 143 Å². The summed E-state index contributed by atoms with van der Waals surface area (Å²) in [5.41, 5.74) is 9.43. The molecule has 3 nitrogen and oxygen atoms in total. The lowest BCUT2D eigenvalue weighted by atomic mass is 9.84. The molecule has 0 fully saturated rings. The molecule has 1 N–H and O–H groups in total. The maximum Gasteiger partial charge on any atom is 0.141 e. The van der Waals surface area contributed by atoms with E-state index in [1.54, 1.807) is 0 Å². The second-order valence-electron chi connectivity index (χ2n) is 11.5. The number of aliphatic hydroxyl groups is 1. The van der Waals surface area contributed by atoms with E-state index in [1.165, 1.54) is 0 Å². The zero-order valence-corrected chi connectivity index (χ0v) is 25.2. The summed E-state index contributed by atoms with van der Waals surface area (Å²) in [6, 6.07) is 64.5. The summed E-state index contributed by atoms with van der Waals surface area (Å²) in [7, 11) is 0. The Morgan fingerprint density at radius 3 is 0.957 bits per heavy atom. The molecule has 1 aliphatic rings. The predicted molar refractivity (Wildman–Crippen MR) is 190 cm³/mol. The summed E-state index contributed by atoms with van der Waals surface area (Å²) >= 11 is 0. The number of rotatable bonds is 7. The van der Waals surface area contributed by atoms with E-state index >= 15 is 0 Å². The summed E-state index contributed by atoms with van der Waals surface area (Å²) in [5.74, 6) is 0. The van der Waals surface area contributed by atoms with Crippen LogP contribution in [0, 0.1) is 0 Å². The van der Waals surface area contributed by atoms with E-state index < -0.39 is 5.60 Å². The molecular weight excluding hydrogens is 560 g/mol. The second-order valence-corrected chi connectivity index (χ2v) is 11.5. The molecule has 0 aliphatic heterocycles. The molecule has 7 aromatic rings. The summed E-state index contributed by atoms with van der Waals surface area (Å²) in [6.07, 6.45) is 0. The monoisotopic (exact) mass is 592 g/mol. The van der Waals surface area contributed by atoms with Gasteiger partial charge in [0.15, 0.2) is 0 Å². The van der Waals surface area contributed by atoms with Crippen LogP contribution in [0.2, 0.25) is 0 Å². The van der Waals surface area contributed by atoms with Crippen molar-refractivity contribution in [2.45, 2.75) is 5.60 Å². The van der Waals surface area contributed by atoms with Crippen LogP contribution in [0.5, 0.6) is 0 Å². The number of hydrogen-bond donors (Lipinski definition) is 1. The topological polar surface area (TPSA) is 26.7 Å². The fourth-order valence-corrected chi connectivity index (χ4v) is 6.75. The summed E-state index contributed by atoms with van der Waals surface area (Å²) in [5, 5.41) is 13.1. The fourth-order valence-electron chi connectivity index (χ4n) is 6.75. The molecule has 220 valence electrons. The molecule has 0 heterocycles. The van der Waals surface area contributed by atoms with Crippen LogP contribution in [0.4, 0.5) is 34.1 Å². The molecule has 0 unspecified atom stereocenters. The predicted octanol–water partition coefficient (Wildman–Crippen LogP) is 10.9. The Bertz CT molecular complexity index is 1890. The van der Waals surface area contributed by atoms with Gasteiger partial charge in [0, 0.05) is 45.3 Å². The first kappa shape index (κ1) is 27.6. The average molecular weight is 593 g/mol. The third-order valence-electron chi connectivity index (χ3n) is 8.84. The minimum Gasteiger partial charge on any atom is -0.376 e. The molecule has 0 bridgehead atoms. The molecular formula is C43H32N2O. The van der Waals surface area contributed by atoms with Crippen LogP contribution in [0.25, 0.3) is 11.1 Å². The molecule has 0 atom stereocenters. The Hall–Kier alpha value is -5.90. The standard InChI is InChI=1S/C43H32N2O/c46-43(32-16-6-1-7-17-32)41-30-37(44(33-18-8-2-9-19-33)34-20-10-3-11-21-34)26-28-39(41)40-29-27-38(31-42(40)43)45(35-22-12-4-13-23-35)36-24-14-5-15-25-36/h1-31,46H. The molecule has 0 saturated heterocycles. The first-order valence-corrected chi connectivity index (χ1v) is 15.6. The van der Waals surface area contributed by atoms with E-state index in [1.807, 2.05) is 54.6 Å². The highest BCUT2D eigenvalue weighted by atomic mass is 16.3. The van der Waals surface area contributed by atoms with Gasteiger partial charge in [0.1, 0.15) is 5.60 Å². The summed E-state index contributed by atoms with van der Waals surface area (Å²) < 4.78 is 0. The molecule has 1 aliphatic carbocycles. The van der Waals surface area contributed by atoms with Crippen molar-refractivity contribution < 1.29 is 5.11 Å². The van der Waals surface area contributed by atoms with Crippen LogP contribution < -0.4 is 9.80 Å². The molecule has 3 heteroatoms. The second kappa shape index (κ2) is 11.6. The van der Waals surface area contributed by atoms with Gasteiger partial charge in [0.05, 0.1) is 0 Å². The van der Waals surface area contributed by atoms with Crippen molar-refractivity contribution >= 4 is 34.1 Å². The minimum atomic E-state index is -1.37. The maximum atomic E-state index is 13.1. The van der Waals surface area contributed by atoms with Gasteiger partial charge in [0.2, 0.25) is 0 Å². The van der Waals surface area contributed by atoms with Gasteiger partial charge in [-0.1, -0.05) is 115 Å². The van der Waals surface area contributed by atoms with Crippen LogP contribution in [-0.4, -0.2) is 5.11 Å². The number of nitrogens with zero attached hydrogens (tertiary/aromatic N) is 2. The molecule has 0 saturated carbocycles. The quantitative estimate of drug-likeness (QED) is 0.199. The number of benzene rings is 7. The van der Waals surface area contributed by atoms with E-state index in [0.29, 0.717) is 0 Å². The zero-order valence-electron chi connectivity index (χ0n) is 25.2. The van der Waals surface area contributed by atoms with Gasteiger partial charge < -0.3 is 14.9 Å². The number of hydrogen-bond acceptors (Lipinski definition) is 3. The van der Waals surface area contributed by atoms with Crippen LogP contribution in [-0.2, 0) is 5.60 Å². The van der Waals surface area contributed by atoms with Gasteiger partial charge in [-0.2, -0.15) is 0 Å². The van der Waals surface area contributed by atoms with Crippen molar-refractivity contribution in [3.63, 3.8) is 0 Å². The van der Waals surface area contributed by atoms with Gasteiger partial charge >= 0.3 is 0 Å².